The lowest BCUT2D eigenvalue weighted by atomic mass is 9.94. The van der Waals surface area contributed by atoms with Crippen LogP contribution < -0.4 is 0 Å². The van der Waals surface area contributed by atoms with Crippen LogP contribution in [0.15, 0.2) is 0 Å². The van der Waals surface area contributed by atoms with Gasteiger partial charge in [0, 0.05) is 32.7 Å². The average molecular weight is 255 g/mol. The standard InChI is InChI=1S/C14H25NO3/c1-3-14(4-2)11-15(6-8-18-14)13(16)9-12-5-7-17-10-12/h12H,3-11H2,1-2H3. The summed E-state index contributed by atoms with van der Waals surface area (Å²) in [4.78, 5) is 14.3. The third-order valence-corrected chi connectivity index (χ3v) is 4.38. The van der Waals surface area contributed by atoms with Gasteiger partial charge < -0.3 is 14.4 Å². The molecule has 1 unspecified atom stereocenters. The Morgan fingerprint density at radius 2 is 2.11 bits per heavy atom. The predicted octanol–water partition coefficient (Wildman–Crippen LogP) is 1.83. The number of carbonyl (C=O) groups is 1. The molecule has 1 atom stereocenters. The highest BCUT2D eigenvalue weighted by atomic mass is 16.5. The third-order valence-electron chi connectivity index (χ3n) is 4.38. The van der Waals surface area contributed by atoms with Crippen LogP contribution in [0.4, 0.5) is 0 Å². The largest absolute Gasteiger partial charge is 0.381 e. The van der Waals surface area contributed by atoms with Crippen molar-refractivity contribution in [1.29, 1.82) is 0 Å². The van der Waals surface area contributed by atoms with Gasteiger partial charge in [0.2, 0.25) is 5.91 Å². The summed E-state index contributed by atoms with van der Waals surface area (Å²) in [6.07, 6.45) is 3.62. The lowest BCUT2D eigenvalue weighted by Crippen LogP contribution is -2.53. The molecule has 0 aromatic carbocycles. The molecule has 2 aliphatic heterocycles. The van der Waals surface area contributed by atoms with E-state index in [1.165, 1.54) is 0 Å². The first-order valence-corrected chi connectivity index (χ1v) is 7.18. The number of nitrogens with zero attached hydrogens (tertiary/aromatic N) is 1. The van der Waals surface area contributed by atoms with Crippen LogP contribution in [0.5, 0.6) is 0 Å². The quantitative estimate of drug-likeness (QED) is 0.769. The van der Waals surface area contributed by atoms with Crippen LogP contribution in [0.25, 0.3) is 0 Å². The van der Waals surface area contributed by atoms with Crippen molar-refractivity contribution in [1.82, 2.24) is 4.90 Å². The van der Waals surface area contributed by atoms with Crippen molar-refractivity contribution in [3.8, 4) is 0 Å². The van der Waals surface area contributed by atoms with Crippen molar-refractivity contribution in [3.05, 3.63) is 0 Å². The lowest BCUT2D eigenvalue weighted by molar-refractivity contribution is -0.152. The zero-order chi connectivity index (χ0) is 13.0. The van der Waals surface area contributed by atoms with Crippen LogP contribution in [0.3, 0.4) is 0 Å². The Morgan fingerprint density at radius 1 is 1.33 bits per heavy atom. The summed E-state index contributed by atoms with van der Waals surface area (Å²) in [5.41, 5.74) is -0.111. The highest BCUT2D eigenvalue weighted by Crippen LogP contribution is 2.26. The second-order valence-corrected chi connectivity index (χ2v) is 5.49. The smallest absolute Gasteiger partial charge is 0.223 e. The van der Waals surface area contributed by atoms with E-state index in [9.17, 15) is 4.79 Å². The predicted molar refractivity (Wildman–Crippen MR) is 69.4 cm³/mol. The van der Waals surface area contributed by atoms with Crippen molar-refractivity contribution < 1.29 is 14.3 Å². The van der Waals surface area contributed by atoms with Gasteiger partial charge in [0.25, 0.3) is 0 Å². The Kier molecular flexibility index (Phi) is 4.62. The Morgan fingerprint density at radius 3 is 2.72 bits per heavy atom. The number of rotatable bonds is 4. The highest BCUT2D eigenvalue weighted by Gasteiger charge is 2.35. The van der Waals surface area contributed by atoms with Gasteiger partial charge in [-0.05, 0) is 25.2 Å². The Balaban J connectivity index is 1.89. The van der Waals surface area contributed by atoms with Crippen LogP contribution in [-0.2, 0) is 14.3 Å². The molecule has 0 saturated carbocycles. The molecule has 18 heavy (non-hydrogen) atoms. The summed E-state index contributed by atoms with van der Waals surface area (Å²) >= 11 is 0. The number of carbonyl (C=O) groups excluding carboxylic acids is 1. The molecular formula is C14H25NO3. The molecule has 2 fully saturated rings. The van der Waals surface area contributed by atoms with Gasteiger partial charge in [-0.3, -0.25) is 4.79 Å². The second-order valence-electron chi connectivity index (χ2n) is 5.49. The average Bonchev–Trinajstić information content (AvgIpc) is 2.91. The van der Waals surface area contributed by atoms with Crippen LogP contribution in [-0.4, -0.2) is 49.3 Å². The normalized spacial score (nSPS) is 27.4. The minimum atomic E-state index is -0.111. The molecule has 0 aromatic heterocycles. The topological polar surface area (TPSA) is 38.8 Å². The van der Waals surface area contributed by atoms with Crippen molar-refractivity contribution in [2.75, 3.05) is 32.9 Å². The van der Waals surface area contributed by atoms with Crippen LogP contribution in [0, 0.1) is 5.92 Å². The molecule has 0 aliphatic carbocycles. The fourth-order valence-electron chi connectivity index (χ4n) is 2.86. The molecule has 2 rings (SSSR count). The van der Waals surface area contributed by atoms with E-state index in [0.717, 1.165) is 45.6 Å². The first-order chi connectivity index (χ1) is 8.69. The molecule has 0 bridgehead atoms. The summed E-state index contributed by atoms with van der Waals surface area (Å²) in [6.45, 7) is 8.03. The van der Waals surface area contributed by atoms with Gasteiger partial charge in [-0.1, -0.05) is 13.8 Å². The molecule has 2 heterocycles. The van der Waals surface area contributed by atoms with Crippen molar-refractivity contribution >= 4 is 5.91 Å². The van der Waals surface area contributed by atoms with Gasteiger partial charge in [0.1, 0.15) is 0 Å². The second kappa shape index (κ2) is 6.02. The maximum atomic E-state index is 12.3. The number of hydrogen-bond donors (Lipinski definition) is 0. The molecule has 0 N–H and O–H groups in total. The van der Waals surface area contributed by atoms with E-state index in [0.29, 0.717) is 18.9 Å². The van der Waals surface area contributed by atoms with E-state index < -0.39 is 0 Å². The number of ether oxygens (including phenoxy) is 2. The van der Waals surface area contributed by atoms with Crippen LogP contribution >= 0.6 is 0 Å². The Bertz CT molecular complexity index is 283. The molecule has 0 spiro atoms. The number of morpholine rings is 1. The van der Waals surface area contributed by atoms with E-state index in [1.807, 2.05) is 4.90 Å². The van der Waals surface area contributed by atoms with E-state index in [1.54, 1.807) is 0 Å². The molecule has 2 saturated heterocycles. The zero-order valence-electron chi connectivity index (χ0n) is 11.6. The first kappa shape index (κ1) is 13.8. The third kappa shape index (κ3) is 3.04. The first-order valence-electron chi connectivity index (χ1n) is 7.18. The summed E-state index contributed by atoms with van der Waals surface area (Å²) in [6, 6.07) is 0. The molecule has 2 aliphatic rings. The molecule has 0 radical (unpaired) electrons. The van der Waals surface area contributed by atoms with Crippen molar-refractivity contribution in [3.63, 3.8) is 0 Å². The van der Waals surface area contributed by atoms with Gasteiger partial charge in [0.15, 0.2) is 0 Å². The van der Waals surface area contributed by atoms with Gasteiger partial charge in [-0.2, -0.15) is 0 Å². The van der Waals surface area contributed by atoms with E-state index in [2.05, 4.69) is 13.8 Å². The lowest BCUT2D eigenvalue weighted by Gasteiger charge is -2.42. The van der Waals surface area contributed by atoms with Gasteiger partial charge >= 0.3 is 0 Å². The summed E-state index contributed by atoms with van der Waals surface area (Å²) in [5.74, 6) is 0.707. The monoisotopic (exact) mass is 255 g/mol. The fraction of sp³-hybridized carbons (Fsp3) is 0.929. The minimum absolute atomic E-state index is 0.111. The Hall–Kier alpha value is -0.610. The van der Waals surface area contributed by atoms with Gasteiger partial charge in [0.05, 0.1) is 12.2 Å². The van der Waals surface area contributed by atoms with Gasteiger partial charge in [-0.15, -0.1) is 0 Å². The zero-order valence-corrected chi connectivity index (χ0v) is 11.6. The number of amides is 1. The SMILES string of the molecule is CCC1(CC)CN(C(=O)CC2CCOC2)CCO1. The van der Waals surface area contributed by atoms with Crippen molar-refractivity contribution in [2.45, 2.75) is 45.1 Å². The molecular weight excluding hydrogens is 230 g/mol. The summed E-state index contributed by atoms with van der Waals surface area (Å²) in [7, 11) is 0. The molecule has 4 nitrogen and oxygen atoms in total. The van der Waals surface area contributed by atoms with Gasteiger partial charge in [-0.25, -0.2) is 0 Å². The van der Waals surface area contributed by atoms with Crippen molar-refractivity contribution in [2.24, 2.45) is 5.92 Å². The van der Waals surface area contributed by atoms with E-state index in [4.69, 9.17) is 9.47 Å². The maximum Gasteiger partial charge on any atom is 0.223 e. The maximum absolute atomic E-state index is 12.3. The minimum Gasteiger partial charge on any atom is -0.381 e. The molecule has 0 aromatic rings. The van der Waals surface area contributed by atoms with Crippen LogP contribution in [0.2, 0.25) is 0 Å². The molecule has 4 heteroatoms. The highest BCUT2D eigenvalue weighted by molar-refractivity contribution is 5.76. The van der Waals surface area contributed by atoms with Crippen LogP contribution in [0.1, 0.15) is 39.5 Å². The van der Waals surface area contributed by atoms with E-state index >= 15 is 0 Å². The molecule has 104 valence electrons. The molecule has 1 amide bonds. The summed E-state index contributed by atoms with van der Waals surface area (Å²) < 4.78 is 11.2. The number of hydrogen-bond acceptors (Lipinski definition) is 3. The van der Waals surface area contributed by atoms with E-state index in [-0.39, 0.29) is 11.5 Å². The summed E-state index contributed by atoms with van der Waals surface area (Å²) in [5, 5.41) is 0. The fourth-order valence-corrected chi connectivity index (χ4v) is 2.86. The Labute approximate surface area is 110 Å².